The standard InChI is InChI=1S/C29H35Cl2N7O2/c1-36(2)14-4-5-27(39)32-22-18-26(37(3)19-22)28-34-24-11-6-20(17-25(24)35-28)29(40)33-21-7-9-23(10-8-21)38(15-12-30)16-13-31/h6-11,17-19H,4-5,12-16H2,1-3H3,(H,32,39)(H,33,40)(H,34,35). The third-order valence-electron chi connectivity index (χ3n) is 6.48. The topological polar surface area (TPSA) is 98.3 Å². The molecule has 0 aliphatic carbocycles. The third-order valence-corrected chi connectivity index (χ3v) is 6.82. The van der Waals surface area contributed by atoms with E-state index in [1.54, 1.807) is 12.1 Å². The highest BCUT2D eigenvalue weighted by Gasteiger charge is 2.14. The molecule has 0 bridgehead atoms. The number of anilines is 3. The summed E-state index contributed by atoms with van der Waals surface area (Å²) in [6.07, 6.45) is 3.12. The van der Waals surface area contributed by atoms with Gasteiger partial charge in [-0.3, -0.25) is 9.59 Å². The van der Waals surface area contributed by atoms with Gasteiger partial charge in [0, 0.05) is 61.5 Å². The molecule has 2 aromatic carbocycles. The van der Waals surface area contributed by atoms with Crippen LogP contribution in [0.4, 0.5) is 17.1 Å². The number of halogens is 2. The van der Waals surface area contributed by atoms with Gasteiger partial charge in [-0.05, 0) is 75.6 Å². The first-order valence-corrected chi connectivity index (χ1v) is 14.2. The number of aryl methyl sites for hydroxylation is 1. The molecule has 0 fully saturated rings. The van der Waals surface area contributed by atoms with Gasteiger partial charge in [0.05, 0.1) is 22.4 Å². The van der Waals surface area contributed by atoms with Crippen molar-refractivity contribution in [3.8, 4) is 11.5 Å². The van der Waals surface area contributed by atoms with Crippen LogP contribution in [0, 0.1) is 0 Å². The fraction of sp³-hybridized carbons (Fsp3) is 0.345. The first-order chi connectivity index (χ1) is 19.3. The van der Waals surface area contributed by atoms with Gasteiger partial charge in [-0.25, -0.2) is 4.98 Å². The highest BCUT2D eigenvalue weighted by molar-refractivity contribution is 6.18. The Morgan fingerprint density at radius 3 is 2.35 bits per heavy atom. The van der Waals surface area contributed by atoms with E-state index in [4.69, 9.17) is 28.2 Å². The molecular formula is C29H35Cl2N7O2. The molecule has 9 nitrogen and oxygen atoms in total. The van der Waals surface area contributed by atoms with E-state index in [0.717, 1.165) is 35.4 Å². The van der Waals surface area contributed by atoms with Crippen molar-refractivity contribution in [1.82, 2.24) is 19.4 Å². The molecule has 0 unspecified atom stereocenters. The minimum absolute atomic E-state index is 0.0169. The quantitative estimate of drug-likeness (QED) is 0.183. The van der Waals surface area contributed by atoms with Crippen molar-refractivity contribution in [3.05, 3.63) is 60.3 Å². The Hall–Kier alpha value is -3.53. The molecule has 0 saturated heterocycles. The number of H-pyrrole nitrogens is 1. The number of carbonyl (C=O) groups is 2. The molecular weight excluding hydrogens is 549 g/mol. The molecule has 2 heterocycles. The molecule has 212 valence electrons. The van der Waals surface area contributed by atoms with Crippen molar-refractivity contribution in [2.45, 2.75) is 12.8 Å². The van der Waals surface area contributed by atoms with Crippen LogP contribution in [0.2, 0.25) is 0 Å². The van der Waals surface area contributed by atoms with Crippen LogP contribution in [0.5, 0.6) is 0 Å². The second kappa shape index (κ2) is 13.7. The zero-order chi connectivity index (χ0) is 28.6. The van der Waals surface area contributed by atoms with E-state index < -0.39 is 0 Å². The van der Waals surface area contributed by atoms with Crippen molar-refractivity contribution in [2.75, 3.05) is 61.0 Å². The predicted molar refractivity (Wildman–Crippen MR) is 165 cm³/mol. The second-order valence-corrected chi connectivity index (χ2v) is 10.6. The van der Waals surface area contributed by atoms with E-state index in [2.05, 4.69) is 25.4 Å². The molecule has 2 aromatic heterocycles. The lowest BCUT2D eigenvalue weighted by molar-refractivity contribution is -0.116. The fourth-order valence-corrected chi connectivity index (χ4v) is 4.86. The first-order valence-electron chi connectivity index (χ1n) is 13.2. The Kier molecular flexibility index (Phi) is 10.1. The number of fused-ring (bicyclic) bond motifs is 1. The van der Waals surface area contributed by atoms with Crippen molar-refractivity contribution in [1.29, 1.82) is 0 Å². The molecule has 4 rings (SSSR count). The van der Waals surface area contributed by atoms with E-state index in [1.807, 2.05) is 68.3 Å². The van der Waals surface area contributed by atoms with E-state index >= 15 is 0 Å². The van der Waals surface area contributed by atoms with Crippen LogP contribution in [0.1, 0.15) is 23.2 Å². The zero-order valence-electron chi connectivity index (χ0n) is 23.0. The van der Waals surface area contributed by atoms with Gasteiger partial charge in [-0.1, -0.05) is 0 Å². The monoisotopic (exact) mass is 583 g/mol. The van der Waals surface area contributed by atoms with Crippen LogP contribution in [0.3, 0.4) is 0 Å². The number of alkyl halides is 2. The van der Waals surface area contributed by atoms with Crippen LogP contribution in [-0.2, 0) is 11.8 Å². The molecule has 2 amide bonds. The first kappa shape index (κ1) is 29.5. The van der Waals surface area contributed by atoms with E-state index in [9.17, 15) is 9.59 Å². The molecule has 0 radical (unpaired) electrons. The van der Waals surface area contributed by atoms with Gasteiger partial charge in [-0.15, -0.1) is 23.2 Å². The normalized spacial score (nSPS) is 11.2. The smallest absolute Gasteiger partial charge is 0.255 e. The number of carbonyl (C=O) groups excluding carboxylic acids is 2. The molecule has 11 heteroatoms. The average molecular weight is 585 g/mol. The van der Waals surface area contributed by atoms with Crippen molar-refractivity contribution in [2.24, 2.45) is 7.05 Å². The summed E-state index contributed by atoms with van der Waals surface area (Å²) < 4.78 is 1.91. The predicted octanol–water partition coefficient (Wildman–Crippen LogP) is 5.39. The number of amides is 2. The maximum atomic E-state index is 13.0. The van der Waals surface area contributed by atoms with Crippen LogP contribution >= 0.6 is 23.2 Å². The van der Waals surface area contributed by atoms with Crippen molar-refractivity contribution < 1.29 is 9.59 Å². The molecule has 40 heavy (non-hydrogen) atoms. The number of rotatable bonds is 13. The summed E-state index contributed by atoms with van der Waals surface area (Å²) in [4.78, 5) is 37.5. The summed E-state index contributed by atoms with van der Waals surface area (Å²) >= 11 is 11.8. The number of benzene rings is 2. The zero-order valence-corrected chi connectivity index (χ0v) is 24.5. The number of hydrogen-bond donors (Lipinski definition) is 3. The molecule has 0 aliphatic heterocycles. The molecule has 0 spiro atoms. The lowest BCUT2D eigenvalue weighted by Crippen LogP contribution is -2.27. The summed E-state index contributed by atoms with van der Waals surface area (Å²) in [6, 6.07) is 14.9. The number of nitrogens with zero attached hydrogens (tertiary/aromatic N) is 4. The van der Waals surface area contributed by atoms with Gasteiger partial charge >= 0.3 is 0 Å². The number of aromatic nitrogens is 3. The second-order valence-electron chi connectivity index (χ2n) is 9.86. The molecule has 0 aliphatic rings. The number of hydrogen-bond acceptors (Lipinski definition) is 5. The molecule has 3 N–H and O–H groups in total. The SMILES string of the molecule is CN(C)CCCC(=O)Nc1cc(-c2nc3ccc(C(=O)Nc4ccc(N(CCCl)CCCl)cc4)cc3[nH]2)n(C)c1. The number of imidazole rings is 1. The average Bonchev–Trinajstić information content (AvgIpc) is 3.50. The van der Waals surface area contributed by atoms with Gasteiger partial charge in [-0.2, -0.15) is 0 Å². The van der Waals surface area contributed by atoms with Crippen molar-refractivity contribution >= 4 is 63.1 Å². The van der Waals surface area contributed by atoms with E-state index in [0.29, 0.717) is 54.0 Å². The Labute approximate surface area is 244 Å². The highest BCUT2D eigenvalue weighted by atomic mass is 35.5. The lowest BCUT2D eigenvalue weighted by atomic mass is 10.2. The molecule has 0 atom stereocenters. The number of aromatic amines is 1. The molecule has 0 saturated carbocycles. The van der Waals surface area contributed by atoms with Crippen LogP contribution in [-0.4, -0.2) is 76.7 Å². The Morgan fingerprint density at radius 2 is 1.68 bits per heavy atom. The van der Waals surface area contributed by atoms with Gasteiger partial charge in [0.15, 0.2) is 5.82 Å². The minimum atomic E-state index is -0.220. The molecule has 4 aromatic rings. The summed E-state index contributed by atoms with van der Waals surface area (Å²) in [5, 5.41) is 5.91. The minimum Gasteiger partial charge on any atom is -0.369 e. The summed E-state index contributed by atoms with van der Waals surface area (Å²) in [5.74, 6) is 1.43. The summed E-state index contributed by atoms with van der Waals surface area (Å²) in [6.45, 7) is 2.26. The van der Waals surface area contributed by atoms with E-state index in [-0.39, 0.29) is 11.8 Å². The summed E-state index contributed by atoms with van der Waals surface area (Å²) in [5.41, 5.74) is 5.22. The Balaban J connectivity index is 1.43. The maximum absolute atomic E-state index is 13.0. The van der Waals surface area contributed by atoms with Gasteiger partial charge in [0.2, 0.25) is 5.91 Å². The van der Waals surface area contributed by atoms with Gasteiger partial charge in [0.25, 0.3) is 5.91 Å². The number of nitrogens with one attached hydrogen (secondary N) is 3. The fourth-order valence-electron chi connectivity index (χ4n) is 4.45. The third kappa shape index (κ3) is 7.56. The van der Waals surface area contributed by atoms with Gasteiger partial charge < -0.3 is 30.0 Å². The van der Waals surface area contributed by atoms with Crippen LogP contribution in [0.15, 0.2) is 54.7 Å². The van der Waals surface area contributed by atoms with Crippen LogP contribution in [0.25, 0.3) is 22.6 Å². The van der Waals surface area contributed by atoms with E-state index in [1.165, 1.54) is 0 Å². The Bertz CT molecular complexity index is 1440. The largest absolute Gasteiger partial charge is 0.369 e. The lowest BCUT2D eigenvalue weighted by Gasteiger charge is -2.23. The highest BCUT2D eigenvalue weighted by Crippen LogP contribution is 2.26. The van der Waals surface area contributed by atoms with Gasteiger partial charge in [0.1, 0.15) is 0 Å². The van der Waals surface area contributed by atoms with Crippen LogP contribution < -0.4 is 15.5 Å². The maximum Gasteiger partial charge on any atom is 0.255 e. The Morgan fingerprint density at radius 1 is 0.950 bits per heavy atom. The van der Waals surface area contributed by atoms with Crippen molar-refractivity contribution in [3.63, 3.8) is 0 Å². The summed E-state index contributed by atoms with van der Waals surface area (Å²) in [7, 11) is 5.88.